The quantitative estimate of drug-likeness (QED) is 0.738. The lowest BCUT2D eigenvalue weighted by Gasteiger charge is -1.95. The highest BCUT2D eigenvalue weighted by Crippen LogP contribution is 2.21. The second kappa shape index (κ2) is 3.14. The number of rotatable bonds is 2. The van der Waals surface area contributed by atoms with Crippen molar-refractivity contribution in [2.45, 2.75) is 24.8 Å². The highest BCUT2D eigenvalue weighted by molar-refractivity contribution is 7.90. The smallest absolute Gasteiger partial charge is 0.193 e. The summed E-state index contributed by atoms with van der Waals surface area (Å²) in [5.41, 5.74) is 0. The Kier molecular flexibility index (Phi) is 2.53. The number of sulfone groups is 1. The summed E-state index contributed by atoms with van der Waals surface area (Å²) in [4.78, 5) is 4.01. The molecular formula is C7H11NO2S2. The molecule has 0 saturated heterocycles. The Bertz CT molecular complexity index is 365. The van der Waals surface area contributed by atoms with E-state index in [1.807, 2.05) is 13.8 Å². The molecule has 0 saturated carbocycles. The average Bonchev–Trinajstić information content (AvgIpc) is 2.30. The van der Waals surface area contributed by atoms with Crippen LogP contribution >= 0.6 is 11.3 Å². The van der Waals surface area contributed by atoms with Gasteiger partial charge in [-0.1, -0.05) is 13.8 Å². The molecule has 1 heterocycles. The fourth-order valence-corrected chi connectivity index (χ4v) is 2.57. The van der Waals surface area contributed by atoms with Crippen LogP contribution < -0.4 is 0 Å². The molecule has 0 aliphatic rings. The topological polar surface area (TPSA) is 47.0 Å². The molecule has 0 N–H and O–H groups in total. The number of hydrogen-bond acceptors (Lipinski definition) is 4. The predicted octanol–water partition coefficient (Wildman–Crippen LogP) is 1.67. The molecule has 5 heteroatoms. The van der Waals surface area contributed by atoms with Gasteiger partial charge in [0, 0.05) is 17.6 Å². The summed E-state index contributed by atoms with van der Waals surface area (Å²) in [5, 5.41) is 2.65. The molecule has 0 fully saturated rings. The van der Waals surface area contributed by atoms with Gasteiger partial charge in [-0.25, -0.2) is 13.4 Å². The van der Waals surface area contributed by atoms with Crippen molar-refractivity contribution in [2.24, 2.45) is 0 Å². The molecule has 1 aromatic heterocycles. The summed E-state index contributed by atoms with van der Waals surface area (Å²) in [6.07, 6.45) is 1.17. The van der Waals surface area contributed by atoms with Crippen LogP contribution in [0.5, 0.6) is 0 Å². The number of nitrogens with zero attached hydrogens (tertiary/aromatic N) is 1. The van der Waals surface area contributed by atoms with Crippen LogP contribution in [0.4, 0.5) is 0 Å². The van der Waals surface area contributed by atoms with E-state index in [0.717, 1.165) is 5.01 Å². The van der Waals surface area contributed by atoms with Crippen LogP contribution in [-0.2, 0) is 9.84 Å². The van der Waals surface area contributed by atoms with Crippen LogP contribution in [-0.4, -0.2) is 19.7 Å². The summed E-state index contributed by atoms with van der Waals surface area (Å²) < 4.78 is 22.0. The van der Waals surface area contributed by atoms with Gasteiger partial charge in [0.05, 0.1) is 5.01 Å². The Morgan fingerprint density at radius 3 is 2.33 bits per heavy atom. The van der Waals surface area contributed by atoms with Crippen molar-refractivity contribution in [1.29, 1.82) is 0 Å². The molecule has 3 nitrogen and oxygen atoms in total. The molecule has 0 unspecified atom stereocenters. The lowest BCUT2D eigenvalue weighted by Crippen LogP contribution is -1.97. The van der Waals surface area contributed by atoms with Gasteiger partial charge in [0.2, 0.25) is 0 Å². The summed E-state index contributed by atoms with van der Waals surface area (Å²) in [7, 11) is -3.12. The van der Waals surface area contributed by atoms with Crippen LogP contribution in [0.3, 0.4) is 0 Å². The molecule has 0 aliphatic heterocycles. The summed E-state index contributed by atoms with van der Waals surface area (Å²) >= 11 is 1.39. The lowest BCUT2D eigenvalue weighted by atomic mass is 10.2. The molecule has 1 rings (SSSR count). The van der Waals surface area contributed by atoms with Crippen molar-refractivity contribution in [3.8, 4) is 0 Å². The van der Waals surface area contributed by atoms with Crippen LogP contribution in [0.1, 0.15) is 24.8 Å². The van der Waals surface area contributed by atoms with E-state index in [2.05, 4.69) is 4.98 Å². The largest absolute Gasteiger partial charge is 0.229 e. The van der Waals surface area contributed by atoms with Crippen molar-refractivity contribution in [3.63, 3.8) is 0 Å². The average molecular weight is 205 g/mol. The molecular weight excluding hydrogens is 194 g/mol. The highest BCUT2D eigenvalue weighted by atomic mass is 32.2. The maximum absolute atomic E-state index is 11.0. The predicted molar refractivity (Wildman–Crippen MR) is 49.3 cm³/mol. The lowest BCUT2D eigenvalue weighted by molar-refractivity contribution is 0.598. The van der Waals surface area contributed by atoms with Gasteiger partial charge in [-0.3, -0.25) is 0 Å². The van der Waals surface area contributed by atoms with Crippen molar-refractivity contribution in [3.05, 3.63) is 10.4 Å². The van der Waals surface area contributed by atoms with Crippen molar-refractivity contribution >= 4 is 21.2 Å². The van der Waals surface area contributed by atoms with E-state index in [9.17, 15) is 8.42 Å². The molecule has 0 atom stereocenters. The van der Waals surface area contributed by atoms with Crippen molar-refractivity contribution < 1.29 is 8.42 Å². The molecule has 68 valence electrons. The van der Waals surface area contributed by atoms with Gasteiger partial charge in [-0.15, -0.1) is 11.3 Å². The van der Waals surface area contributed by atoms with Crippen molar-refractivity contribution in [2.75, 3.05) is 6.26 Å². The monoisotopic (exact) mass is 205 g/mol. The van der Waals surface area contributed by atoms with Crippen LogP contribution in [0, 0.1) is 0 Å². The van der Waals surface area contributed by atoms with E-state index < -0.39 is 9.84 Å². The fourth-order valence-electron chi connectivity index (χ4n) is 0.708. The second-order valence-electron chi connectivity index (χ2n) is 2.95. The minimum Gasteiger partial charge on any atom is -0.229 e. The van der Waals surface area contributed by atoms with Crippen LogP contribution in [0.25, 0.3) is 0 Å². The van der Waals surface area contributed by atoms with Crippen LogP contribution in [0.2, 0.25) is 0 Å². The first kappa shape index (κ1) is 9.67. The van der Waals surface area contributed by atoms with Gasteiger partial charge >= 0.3 is 0 Å². The third kappa shape index (κ3) is 2.04. The van der Waals surface area contributed by atoms with Gasteiger partial charge in [0.1, 0.15) is 0 Å². The Morgan fingerprint density at radius 1 is 1.50 bits per heavy atom. The van der Waals surface area contributed by atoms with E-state index in [4.69, 9.17) is 0 Å². The first-order valence-electron chi connectivity index (χ1n) is 3.56. The van der Waals surface area contributed by atoms with Gasteiger partial charge in [-0.05, 0) is 0 Å². The van der Waals surface area contributed by atoms with Gasteiger partial charge in [-0.2, -0.15) is 0 Å². The van der Waals surface area contributed by atoms with Gasteiger partial charge < -0.3 is 0 Å². The molecule has 0 radical (unpaired) electrons. The maximum atomic E-state index is 11.0. The third-order valence-corrected chi connectivity index (χ3v) is 3.64. The Balaban J connectivity index is 3.09. The molecule has 0 amide bonds. The first-order valence-corrected chi connectivity index (χ1v) is 6.34. The fraction of sp³-hybridized carbons (Fsp3) is 0.571. The standard InChI is InChI=1S/C7H11NO2S2/c1-5(2)7-8-6(4-11-7)12(3,9)10/h4-5H,1-3H3. The molecule has 0 bridgehead atoms. The zero-order valence-corrected chi connectivity index (χ0v) is 8.87. The van der Waals surface area contributed by atoms with E-state index in [1.54, 1.807) is 5.38 Å². The molecule has 0 aromatic carbocycles. The normalized spacial score (nSPS) is 12.3. The second-order valence-corrected chi connectivity index (χ2v) is 5.80. The molecule has 0 aliphatic carbocycles. The SMILES string of the molecule is CC(C)c1nc(S(C)(=O)=O)cs1. The zero-order chi connectivity index (χ0) is 9.35. The minimum absolute atomic E-state index is 0.191. The van der Waals surface area contributed by atoms with E-state index in [-0.39, 0.29) is 5.03 Å². The minimum atomic E-state index is -3.12. The molecule has 0 spiro atoms. The summed E-state index contributed by atoms with van der Waals surface area (Å²) in [5.74, 6) is 0.297. The van der Waals surface area contributed by atoms with Gasteiger partial charge in [0.25, 0.3) is 0 Å². The first-order chi connectivity index (χ1) is 5.41. The summed E-state index contributed by atoms with van der Waals surface area (Å²) in [6.45, 7) is 3.98. The Hall–Kier alpha value is -0.420. The zero-order valence-electron chi connectivity index (χ0n) is 7.23. The van der Waals surface area contributed by atoms with E-state index in [1.165, 1.54) is 17.6 Å². The number of hydrogen-bond donors (Lipinski definition) is 0. The third-order valence-electron chi connectivity index (χ3n) is 1.37. The maximum Gasteiger partial charge on any atom is 0.193 e. The highest BCUT2D eigenvalue weighted by Gasteiger charge is 2.13. The summed E-state index contributed by atoms with van der Waals surface area (Å²) in [6, 6.07) is 0. The van der Waals surface area contributed by atoms with E-state index in [0.29, 0.717) is 5.92 Å². The van der Waals surface area contributed by atoms with Gasteiger partial charge in [0.15, 0.2) is 14.9 Å². The number of thiazole rings is 1. The van der Waals surface area contributed by atoms with Crippen molar-refractivity contribution in [1.82, 2.24) is 4.98 Å². The molecule has 12 heavy (non-hydrogen) atoms. The number of aromatic nitrogens is 1. The molecule has 1 aromatic rings. The Morgan fingerprint density at radius 2 is 2.08 bits per heavy atom. The Labute approximate surface area is 76.4 Å². The van der Waals surface area contributed by atoms with Crippen LogP contribution in [0.15, 0.2) is 10.4 Å². The van der Waals surface area contributed by atoms with E-state index >= 15 is 0 Å².